The van der Waals surface area contributed by atoms with Crippen LogP contribution in [-0.4, -0.2) is 40.1 Å². The number of nitrogens with two attached hydrogens (primary N) is 1. The third kappa shape index (κ3) is 3.48. The maximum atomic E-state index is 12.6. The fraction of sp³-hybridized carbons (Fsp3) is 0.286. The zero-order chi connectivity index (χ0) is 19.7. The summed E-state index contributed by atoms with van der Waals surface area (Å²) in [5.74, 6) is 0.702. The summed E-state index contributed by atoms with van der Waals surface area (Å²) in [6.45, 7) is 3.36. The van der Waals surface area contributed by atoms with Gasteiger partial charge in [-0.3, -0.25) is 4.79 Å². The van der Waals surface area contributed by atoms with Crippen molar-refractivity contribution in [2.75, 3.05) is 18.0 Å². The standard InChI is InChI=1S/C21H23N5O2/c1-13-19(24-17-5-3-2-4-16(17)20(13)28)21(22)25-18-7-6-14(12-23-18)26-10-8-15(27)9-11-26/h2-7,12,15,27H,8-11H2,1H3,(H,24,28)(H2,22,23,25). The summed E-state index contributed by atoms with van der Waals surface area (Å²) >= 11 is 0. The fourth-order valence-corrected chi connectivity index (χ4v) is 3.53. The van der Waals surface area contributed by atoms with E-state index < -0.39 is 0 Å². The lowest BCUT2D eigenvalue weighted by atomic mass is 10.1. The number of pyridine rings is 2. The van der Waals surface area contributed by atoms with Crippen molar-refractivity contribution in [2.45, 2.75) is 25.9 Å². The molecule has 1 aliphatic heterocycles. The largest absolute Gasteiger partial charge is 0.393 e. The van der Waals surface area contributed by atoms with Crippen LogP contribution < -0.4 is 16.1 Å². The number of aromatic nitrogens is 2. The van der Waals surface area contributed by atoms with Crippen molar-refractivity contribution in [3.05, 3.63) is 64.1 Å². The Morgan fingerprint density at radius 1 is 1.25 bits per heavy atom. The molecule has 0 aliphatic carbocycles. The molecule has 1 fully saturated rings. The minimum Gasteiger partial charge on any atom is -0.393 e. The Balaban J connectivity index is 1.61. The normalized spacial score (nSPS) is 15.9. The maximum Gasteiger partial charge on any atom is 0.193 e. The number of H-pyrrole nitrogens is 1. The topological polar surface area (TPSA) is 108 Å². The van der Waals surface area contributed by atoms with Gasteiger partial charge in [0.25, 0.3) is 0 Å². The molecule has 144 valence electrons. The van der Waals surface area contributed by atoms with Crippen molar-refractivity contribution in [3.8, 4) is 0 Å². The maximum absolute atomic E-state index is 12.6. The van der Waals surface area contributed by atoms with Crippen LogP contribution in [0.15, 0.2) is 52.4 Å². The highest BCUT2D eigenvalue weighted by molar-refractivity contribution is 6.00. The van der Waals surface area contributed by atoms with Crippen molar-refractivity contribution in [1.29, 1.82) is 0 Å². The molecule has 0 unspecified atom stereocenters. The second-order valence-electron chi connectivity index (χ2n) is 7.09. The van der Waals surface area contributed by atoms with E-state index in [1.165, 1.54) is 0 Å². The number of hydrogen-bond acceptors (Lipinski definition) is 5. The number of rotatable bonds is 3. The van der Waals surface area contributed by atoms with E-state index in [1.54, 1.807) is 19.2 Å². The first-order chi connectivity index (χ1) is 13.5. The highest BCUT2D eigenvalue weighted by Gasteiger charge is 2.17. The Labute approximate surface area is 162 Å². The van der Waals surface area contributed by atoms with Crippen LogP contribution in [0.1, 0.15) is 24.1 Å². The minimum absolute atomic E-state index is 0.0573. The van der Waals surface area contributed by atoms with Gasteiger partial charge < -0.3 is 20.7 Å². The lowest BCUT2D eigenvalue weighted by molar-refractivity contribution is 0.145. The van der Waals surface area contributed by atoms with E-state index in [0.29, 0.717) is 22.5 Å². The summed E-state index contributed by atoms with van der Waals surface area (Å²) in [6.07, 6.45) is 3.09. The Morgan fingerprint density at radius 3 is 2.71 bits per heavy atom. The molecule has 0 spiro atoms. The average molecular weight is 377 g/mol. The first kappa shape index (κ1) is 18.2. The molecule has 4 N–H and O–H groups in total. The van der Waals surface area contributed by atoms with E-state index in [0.717, 1.165) is 37.1 Å². The SMILES string of the molecule is Cc1c(C(N)=Nc2ccc(N3CCC(O)CC3)cn2)[nH]c2ccccc2c1=O. The molecule has 0 amide bonds. The van der Waals surface area contributed by atoms with Crippen molar-refractivity contribution in [3.63, 3.8) is 0 Å². The van der Waals surface area contributed by atoms with E-state index >= 15 is 0 Å². The van der Waals surface area contributed by atoms with Crippen LogP contribution >= 0.6 is 0 Å². The molecule has 1 saturated heterocycles. The monoisotopic (exact) mass is 377 g/mol. The molecule has 0 atom stereocenters. The highest BCUT2D eigenvalue weighted by Crippen LogP contribution is 2.21. The summed E-state index contributed by atoms with van der Waals surface area (Å²) in [6, 6.07) is 11.1. The Bertz CT molecular complexity index is 1080. The molecule has 7 nitrogen and oxygen atoms in total. The third-order valence-corrected chi connectivity index (χ3v) is 5.20. The number of nitrogens with one attached hydrogen (secondary N) is 1. The zero-order valence-corrected chi connectivity index (χ0v) is 15.7. The number of nitrogens with zero attached hydrogens (tertiary/aromatic N) is 3. The molecule has 2 aromatic heterocycles. The van der Waals surface area contributed by atoms with Gasteiger partial charge in [0.05, 0.1) is 23.7 Å². The number of aliphatic hydroxyl groups is 1. The molecule has 0 saturated carbocycles. The molecule has 0 bridgehead atoms. The third-order valence-electron chi connectivity index (χ3n) is 5.20. The van der Waals surface area contributed by atoms with E-state index in [9.17, 15) is 9.90 Å². The predicted molar refractivity (Wildman–Crippen MR) is 111 cm³/mol. The Morgan fingerprint density at radius 2 is 2.00 bits per heavy atom. The molecule has 28 heavy (non-hydrogen) atoms. The average Bonchev–Trinajstić information content (AvgIpc) is 2.72. The van der Waals surface area contributed by atoms with Crippen LogP contribution in [0.25, 0.3) is 10.9 Å². The molecule has 1 aliphatic rings. The van der Waals surface area contributed by atoms with Crippen LogP contribution in [0.5, 0.6) is 0 Å². The molecule has 7 heteroatoms. The molecular formula is C21H23N5O2. The molecule has 3 aromatic rings. The fourth-order valence-electron chi connectivity index (χ4n) is 3.53. The van der Waals surface area contributed by atoms with Crippen molar-refractivity contribution in [1.82, 2.24) is 9.97 Å². The number of benzene rings is 1. The second-order valence-corrected chi connectivity index (χ2v) is 7.09. The van der Waals surface area contributed by atoms with Crippen LogP contribution in [-0.2, 0) is 0 Å². The first-order valence-corrected chi connectivity index (χ1v) is 9.38. The number of hydrogen-bond donors (Lipinski definition) is 3. The van der Waals surface area contributed by atoms with Gasteiger partial charge in [-0.2, -0.15) is 0 Å². The van der Waals surface area contributed by atoms with Crippen molar-refractivity contribution in [2.24, 2.45) is 10.7 Å². The molecule has 1 aromatic carbocycles. The first-order valence-electron chi connectivity index (χ1n) is 9.38. The molecular weight excluding hydrogens is 354 g/mol. The van der Waals surface area contributed by atoms with E-state index in [4.69, 9.17) is 5.73 Å². The van der Waals surface area contributed by atoms with Crippen molar-refractivity contribution >= 4 is 28.2 Å². The van der Waals surface area contributed by atoms with Crippen LogP contribution in [0, 0.1) is 6.92 Å². The van der Waals surface area contributed by atoms with Crippen LogP contribution in [0.2, 0.25) is 0 Å². The Hall–Kier alpha value is -3.19. The number of aliphatic imine (C=N–C) groups is 1. The van der Waals surface area contributed by atoms with Gasteiger partial charge in [-0.15, -0.1) is 0 Å². The number of aliphatic hydroxyl groups excluding tert-OH is 1. The van der Waals surface area contributed by atoms with Crippen molar-refractivity contribution < 1.29 is 5.11 Å². The summed E-state index contributed by atoms with van der Waals surface area (Å²) < 4.78 is 0. The van der Waals surface area contributed by atoms with Gasteiger partial charge >= 0.3 is 0 Å². The van der Waals surface area contributed by atoms with Crippen LogP contribution in [0.4, 0.5) is 11.5 Å². The summed E-state index contributed by atoms with van der Waals surface area (Å²) in [5, 5.41) is 10.3. The van der Waals surface area contributed by atoms with Gasteiger partial charge in [0, 0.05) is 29.6 Å². The number of amidine groups is 1. The van der Waals surface area contributed by atoms with E-state index in [2.05, 4.69) is 19.9 Å². The van der Waals surface area contributed by atoms with Gasteiger partial charge in [-0.05, 0) is 44.0 Å². The van der Waals surface area contributed by atoms with Gasteiger partial charge in [-0.25, -0.2) is 9.98 Å². The number of piperidine rings is 1. The lowest BCUT2D eigenvalue weighted by Gasteiger charge is -2.31. The second kappa shape index (κ2) is 7.44. The van der Waals surface area contributed by atoms with E-state index in [-0.39, 0.29) is 17.4 Å². The molecule has 0 radical (unpaired) electrons. The minimum atomic E-state index is -0.208. The van der Waals surface area contributed by atoms with Gasteiger partial charge in [0.15, 0.2) is 11.2 Å². The van der Waals surface area contributed by atoms with E-state index in [1.807, 2.05) is 30.3 Å². The molecule has 3 heterocycles. The van der Waals surface area contributed by atoms with Gasteiger partial charge in [0.1, 0.15) is 5.84 Å². The lowest BCUT2D eigenvalue weighted by Crippen LogP contribution is -2.35. The Kier molecular flexibility index (Phi) is 4.83. The molecule has 4 rings (SSSR count). The number of fused-ring (bicyclic) bond motifs is 1. The highest BCUT2D eigenvalue weighted by atomic mass is 16.3. The zero-order valence-electron chi connectivity index (χ0n) is 15.7. The smallest absolute Gasteiger partial charge is 0.193 e. The predicted octanol–water partition coefficient (Wildman–Crippen LogP) is 2.23. The summed E-state index contributed by atoms with van der Waals surface area (Å²) in [5.41, 5.74) is 8.90. The summed E-state index contributed by atoms with van der Waals surface area (Å²) in [4.78, 5) is 26.8. The summed E-state index contributed by atoms with van der Waals surface area (Å²) in [7, 11) is 0. The van der Waals surface area contributed by atoms with Crippen LogP contribution in [0.3, 0.4) is 0 Å². The quantitative estimate of drug-likeness (QED) is 0.479. The van der Waals surface area contributed by atoms with Gasteiger partial charge in [-0.1, -0.05) is 12.1 Å². The number of aromatic amines is 1. The number of para-hydroxylation sites is 1. The van der Waals surface area contributed by atoms with Gasteiger partial charge in [0.2, 0.25) is 0 Å². The number of anilines is 1.